The quantitative estimate of drug-likeness (QED) is 0.164. The summed E-state index contributed by atoms with van der Waals surface area (Å²) in [6.07, 6.45) is 0. The van der Waals surface area contributed by atoms with Crippen molar-refractivity contribution in [3.63, 3.8) is 0 Å². The predicted molar refractivity (Wildman–Crippen MR) is 261 cm³/mol. The summed E-state index contributed by atoms with van der Waals surface area (Å²) in [5.74, 6) is 0. The average molecular weight is 829 g/mol. The average Bonchev–Trinajstić information content (AvgIpc) is 3.70. The Morgan fingerprint density at radius 2 is 0.800 bits per heavy atom. The number of aromatic nitrogens is 1. The van der Waals surface area contributed by atoms with Crippen LogP contribution in [0.25, 0.3) is 83.1 Å². The van der Waals surface area contributed by atoms with Gasteiger partial charge in [-0.05, 0) is 93.9 Å². The van der Waals surface area contributed by atoms with E-state index < -0.39 is 0 Å². The van der Waals surface area contributed by atoms with Crippen molar-refractivity contribution in [3.05, 3.63) is 222 Å². The highest BCUT2D eigenvalue weighted by atomic mass is 15.0. The number of nitrogens with one attached hydrogen (secondary N) is 1. The van der Waals surface area contributed by atoms with Crippen LogP contribution in [0, 0.1) is 52.2 Å². The molecule has 0 aliphatic rings. The lowest BCUT2D eigenvalue weighted by Gasteiger charge is -2.25. The summed E-state index contributed by atoms with van der Waals surface area (Å²) >= 11 is 0. The number of hydrogen-bond donors (Lipinski definition) is 1. The fourth-order valence-electron chi connectivity index (χ4n) is 9.01. The number of para-hydroxylation sites is 3. The fraction of sp³-hybridized carbons (Fsp3) is 0.0169. The Kier molecular flexibility index (Phi) is 10.2. The van der Waals surface area contributed by atoms with Gasteiger partial charge < -0.3 is 9.88 Å². The van der Waals surface area contributed by atoms with Gasteiger partial charge in [0.05, 0.1) is 56.8 Å². The standard InChI is InChI=1S/C59H36N6/c1-38-10-2-3-11-47(38)48-12-4-7-15-53(48)64-58-51(36-62)57(46-32-28-44(29-33-46)42-24-20-40(35-61)21-25-42)59(65-54-16-8-5-13-49(54)50-14-6-9-17-55(50)65)52(37-63)56(58)45-30-26-43(27-31-45)41-22-18-39(34-60)19-23-41/h2-33,64H,1H3. The molecule has 6 heteroatoms. The van der Waals surface area contributed by atoms with Crippen LogP contribution >= 0.6 is 0 Å². The number of nitriles is 4. The smallest absolute Gasteiger partial charge is 0.102 e. The molecular formula is C59H36N6. The van der Waals surface area contributed by atoms with Gasteiger partial charge in [-0.2, -0.15) is 21.0 Å². The van der Waals surface area contributed by atoms with Gasteiger partial charge in [-0.3, -0.25) is 0 Å². The molecule has 65 heavy (non-hydrogen) atoms. The van der Waals surface area contributed by atoms with Gasteiger partial charge in [0.25, 0.3) is 0 Å². The summed E-state index contributed by atoms with van der Waals surface area (Å²) in [5, 5.41) is 48.2. The second-order valence-corrected chi connectivity index (χ2v) is 15.8. The molecule has 1 N–H and O–H groups in total. The van der Waals surface area contributed by atoms with Gasteiger partial charge >= 0.3 is 0 Å². The van der Waals surface area contributed by atoms with Crippen LogP contribution in [0.15, 0.2) is 194 Å². The number of aryl methyl sites for hydroxylation is 1. The molecule has 1 heterocycles. The van der Waals surface area contributed by atoms with Crippen LogP contribution in [0.3, 0.4) is 0 Å². The summed E-state index contributed by atoms with van der Waals surface area (Å²) in [5.41, 5.74) is 15.2. The highest BCUT2D eigenvalue weighted by Gasteiger charge is 2.30. The van der Waals surface area contributed by atoms with Crippen LogP contribution in [0.2, 0.25) is 0 Å². The third kappa shape index (κ3) is 7.01. The molecular weight excluding hydrogens is 793 g/mol. The minimum absolute atomic E-state index is 0.373. The van der Waals surface area contributed by atoms with E-state index in [4.69, 9.17) is 0 Å². The number of anilines is 2. The Bertz CT molecular complexity index is 3590. The van der Waals surface area contributed by atoms with Crippen LogP contribution in [0.4, 0.5) is 11.4 Å². The maximum Gasteiger partial charge on any atom is 0.102 e. The van der Waals surface area contributed by atoms with Gasteiger partial charge in [0.2, 0.25) is 0 Å². The van der Waals surface area contributed by atoms with Gasteiger partial charge in [0, 0.05) is 33.2 Å². The molecule has 10 aromatic rings. The normalized spacial score (nSPS) is 10.8. The zero-order valence-corrected chi connectivity index (χ0v) is 35.2. The predicted octanol–water partition coefficient (Wildman–Crippen LogP) is 14.7. The number of fused-ring (bicyclic) bond motifs is 3. The lowest BCUT2D eigenvalue weighted by atomic mass is 9.85. The number of rotatable bonds is 8. The van der Waals surface area contributed by atoms with E-state index >= 15 is 0 Å². The van der Waals surface area contributed by atoms with E-state index in [0.717, 1.165) is 77.6 Å². The molecule has 10 rings (SSSR count). The zero-order chi connectivity index (χ0) is 44.4. The maximum atomic E-state index is 11.8. The number of hydrogen-bond acceptors (Lipinski definition) is 5. The monoisotopic (exact) mass is 828 g/mol. The summed E-state index contributed by atoms with van der Waals surface area (Å²) < 4.78 is 2.15. The summed E-state index contributed by atoms with van der Waals surface area (Å²) in [7, 11) is 0. The first-order valence-corrected chi connectivity index (χ1v) is 21.2. The molecule has 0 unspecified atom stereocenters. The first-order chi connectivity index (χ1) is 32.0. The molecule has 302 valence electrons. The second-order valence-electron chi connectivity index (χ2n) is 15.8. The molecule has 0 bridgehead atoms. The van der Waals surface area contributed by atoms with Crippen molar-refractivity contribution in [3.8, 4) is 85.6 Å². The molecule has 9 aromatic carbocycles. The third-order valence-corrected chi connectivity index (χ3v) is 12.2. The molecule has 0 saturated carbocycles. The second kappa shape index (κ2) is 16.8. The van der Waals surface area contributed by atoms with Crippen LogP contribution in [0.1, 0.15) is 27.8 Å². The Morgan fingerprint density at radius 3 is 1.29 bits per heavy atom. The Hall–Kier alpha value is -9.46. The van der Waals surface area contributed by atoms with Gasteiger partial charge in [-0.1, -0.05) is 152 Å². The highest BCUT2D eigenvalue weighted by Crippen LogP contribution is 2.49. The molecule has 6 nitrogen and oxygen atoms in total. The van der Waals surface area contributed by atoms with Crippen molar-refractivity contribution in [2.75, 3.05) is 5.32 Å². The van der Waals surface area contributed by atoms with Gasteiger partial charge in [-0.25, -0.2) is 0 Å². The van der Waals surface area contributed by atoms with E-state index in [1.807, 2.05) is 127 Å². The molecule has 0 aliphatic heterocycles. The first-order valence-electron chi connectivity index (χ1n) is 21.2. The van der Waals surface area contributed by atoms with Gasteiger partial charge in [0.1, 0.15) is 12.1 Å². The molecule has 0 spiro atoms. The molecule has 1 aromatic heterocycles. The minimum atomic E-state index is 0.373. The van der Waals surface area contributed by atoms with Crippen molar-refractivity contribution in [2.24, 2.45) is 0 Å². The van der Waals surface area contributed by atoms with Crippen molar-refractivity contribution in [1.82, 2.24) is 4.57 Å². The summed E-state index contributed by atoms with van der Waals surface area (Å²) in [4.78, 5) is 0. The molecule has 0 saturated heterocycles. The first kappa shape index (κ1) is 39.7. The van der Waals surface area contributed by atoms with E-state index in [1.54, 1.807) is 24.3 Å². The maximum absolute atomic E-state index is 11.8. The lowest BCUT2D eigenvalue weighted by molar-refractivity contribution is 1.17. The van der Waals surface area contributed by atoms with Gasteiger partial charge in [-0.15, -0.1) is 0 Å². The van der Waals surface area contributed by atoms with Crippen molar-refractivity contribution in [1.29, 1.82) is 21.0 Å². The van der Waals surface area contributed by atoms with E-state index in [-0.39, 0.29) is 0 Å². The Balaban J connectivity index is 1.31. The topological polar surface area (TPSA) is 112 Å². The van der Waals surface area contributed by atoms with Crippen LogP contribution in [-0.4, -0.2) is 4.57 Å². The molecule has 0 atom stereocenters. The Morgan fingerprint density at radius 1 is 0.385 bits per heavy atom. The molecule has 0 aliphatic carbocycles. The van der Waals surface area contributed by atoms with Crippen LogP contribution in [-0.2, 0) is 0 Å². The fourth-order valence-corrected chi connectivity index (χ4v) is 9.01. The SMILES string of the molecule is Cc1ccccc1-c1ccccc1Nc1c(C#N)c(-c2ccc(-c3ccc(C#N)cc3)cc2)c(-n2c3ccccc3c3ccccc32)c(C#N)c1-c1ccc(-c2ccc(C#N)cc2)cc1. The highest BCUT2D eigenvalue weighted by molar-refractivity contribution is 6.11. The molecule has 0 fully saturated rings. The minimum Gasteiger partial charge on any atom is -0.353 e. The van der Waals surface area contributed by atoms with E-state index in [2.05, 4.69) is 83.5 Å². The van der Waals surface area contributed by atoms with Crippen molar-refractivity contribution in [2.45, 2.75) is 6.92 Å². The van der Waals surface area contributed by atoms with E-state index in [0.29, 0.717) is 44.8 Å². The Labute approximate surface area is 377 Å². The van der Waals surface area contributed by atoms with Crippen molar-refractivity contribution < 1.29 is 0 Å². The van der Waals surface area contributed by atoms with Crippen molar-refractivity contribution >= 4 is 33.2 Å². The van der Waals surface area contributed by atoms with E-state index in [9.17, 15) is 21.0 Å². The van der Waals surface area contributed by atoms with Crippen LogP contribution in [0.5, 0.6) is 0 Å². The zero-order valence-electron chi connectivity index (χ0n) is 35.2. The molecule has 0 amide bonds. The third-order valence-electron chi connectivity index (χ3n) is 12.2. The molecule has 0 radical (unpaired) electrons. The van der Waals surface area contributed by atoms with Crippen LogP contribution < -0.4 is 5.32 Å². The van der Waals surface area contributed by atoms with E-state index in [1.165, 1.54) is 0 Å². The lowest BCUT2D eigenvalue weighted by Crippen LogP contribution is -2.09. The largest absolute Gasteiger partial charge is 0.353 e. The van der Waals surface area contributed by atoms with Gasteiger partial charge in [0.15, 0.2) is 0 Å². The summed E-state index contributed by atoms with van der Waals surface area (Å²) in [6, 6.07) is 73.5. The number of benzene rings is 9. The number of nitrogens with zero attached hydrogens (tertiary/aromatic N) is 5. The summed E-state index contributed by atoms with van der Waals surface area (Å²) in [6.45, 7) is 2.08.